The monoisotopic (exact) mass is 382 g/mol. The molecule has 0 radical (unpaired) electrons. The van der Waals surface area contributed by atoms with Crippen molar-refractivity contribution in [1.29, 1.82) is 0 Å². The number of carbonyl (C=O) groups is 3. The molecule has 2 saturated heterocycles. The van der Waals surface area contributed by atoms with Crippen molar-refractivity contribution in [3.05, 3.63) is 53.7 Å². The highest BCUT2D eigenvalue weighted by Crippen LogP contribution is 2.15. The molecule has 4 rings (SSSR count). The maximum Gasteiger partial charge on any atom is 0.289 e. The average molecular weight is 382 g/mol. The first-order chi connectivity index (χ1) is 13.6. The van der Waals surface area contributed by atoms with E-state index in [1.54, 1.807) is 39.0 Å². The van der Waals surface area contributed by atoms with Crippen molar-refractivity contribution in [3.63, 3.8) is 0 Å². The first-order valence-corrected chi connectivity index (χ1v) is 9.51. The molecule has 28 heavy (non-hydrogen) atoms. The zero-order valence-corrected chi connectivity index (χ0v) is 15.5. The number of hydrogen-bond donors (Lipinski definition) is 0. The second-order valence-electron chi connectivity index (χ2n) is 6.99. The zero-order chi connectivity index (χ0) is 19.5. The predicted molar refractivity (Wildman–Crippen MR) is 99.9 cm³/mol. The van der Waals surface area contributed by atoms with Crippen LogP contribution in [0.2, 0.25) is 0 Å². The van der Waals surface area contributed by atoms with Gasteiger partial charge in [0, 0.05) is 51.0 Å². The molecule has 0 spiro atoms. The highest BCUT2D eigenvalue weighted by Gasteiger charge is 2.27. The maximum atomic E-state index is 12.9. The summed E-state index contributed by atoms with van der Waals surface area (Å²) in [6.45, 7) is 3.23. The molecule has 0 atom stereocenters. The van der Waals surface area contributed by atoms with Gasteiger partial charge in [0.15, 0.2) is 5.76 Å². The van der Waals surface area contributed by atoms with E-state index in [1.807, 2.05) is 0 Å². The van der Waals surface area contributed by atoms with Gasteiger partial charge in [0.25, 0.3) is 17.7 Å². The lowest BCUT2D eigenvalue weighted by atomic mass is 10.1. The highest BCUT2D eigenvalue weighted by atomic mass is 16.3. The van der Waals surface area contributed by atoms with E-state index in [9.17, 15) is 14.4 Å². The van der Waals surface area contributed by atoms with Crippen molar-refractivity contribution < 1.29 is 18.8 Å². The van der Waals surface area contributed by atoms with E-state index in [2.05, 4.69) is 4.98 Å². The van der Waals surface area contributed by atoms with E-state index in [0.29, 0.717) is 43.2 Å². The van der Waals surface area contributed by atoms with Crippen molar-refractivity contribution in [2.75, 3.05) is 39.3 Å². The van der Waals surface area contributed by atoms with Crippen LogP contribution >= 0.6 is 0 Å². The van der Waals surface area contributed by atoms with Gasteiger partial charge in [0.05, 0.1) is 6.26 Å². The van der Waals surface area contributed by atoms with Gasteiger partial charge in [-0.3, -0.25) is 19.4 Å². The van der Waals surface area contributed by atoms with Gasteiger partial charge in [0.2, 0.25) is 0 Å². The first kappa shape index (κ1) is 18.2. The molecule has 146 valence electrons. The minimum atomic E-state index is -0.167. The minimum Gasteiger partial charge on any atom is -0.459 e. The Morgan fingerprint density at radius 1 is 0.821 bits per heavy atom. The Morgan fingerprint density at radius 3 is 2.11 bits per heavy atom. The van der Waals surface area contributed by atoms with Gasteiger partial charge in [-0.2, -0.15) is 0 Å². The van der Waals surface area contributed by atoms with Gasteiger partial charge in [-0.15, -0.1) is 0 Å². The lowest BCUT2D eigenvalue weighted by Gasteiger charge is -2.34. The Hall–Kier alpha value is -3.16. The molecule has 2 aromatic heterocycles. The summed E-state index contributed by atoms with van der Waals surface area (Å²) in [6.07, 6.45) is 4.99. The molecule has 0 aromatic carbocycles. The van der Waals surface area contributed by atoms with Crippen LogP contribution in [-0.4, -0.2) is 76.7 Å². The molecule has 2 aliphatic heterocycles. The van der Waals surface area contributed by atoms with Crippen LogP contribution in [0, 0.1) is 0 Å². The molecule has 0 saturated carbocycles. The van der Waals surface area contributed by atoms with Crippen molar-refractivity contribution >= 4 is 17.7 Å². The number of pyridine rings is 1. The number of rotatable bonds is 3. The van der Waals surface area contributed by atoms with Crippen molar-refractivity contribution in [2.24, 2.45) is 0 Å². The van der Waals surface area contributed by atoms with Gasteiger partial charge in [-0.05, 0) is 37.1 Å². The highest BCUT2D eigenvalue weighted by molar-refractivity contribution is 5.98. The van der Waals surface area contributed by atoms with Crippen molar-refractivity contribution in [3.8, 4) is 0 Å². The van der Waals surface area contributed by atoms with E-state index >= 15 is 0 Å². The average Bonchev–Trinajstić information content (AvgIpc) is 3.47. The Balaban J connectivity index is 1.39. The number of amides is 3. The molecule has 0 N–H and O–H groups in total. The second-order valence-corrected chi connectivity index (χ2v) is 6.99. The summed E-state index contributed by atoms with van der Waals surface area (Å²) in [5, 5.41) is 0. The number of furan rings is 1. The molecule has 0 aliphatic carbocycles. The van der Waals surface area contributed by atoms with E-state index < -0.39 is 0 Å². The third-order valence-electron chi connectivity index (χ3n) is 5.21. The zero-order valence-electron chi connectivity index (χ0n) is 15.5. The smallest absolute Gasteiger partial charge is 0.289 e. The number of hydrogen-bond acceptors (Lipinski definition) is 5. The molecule has 8 nitrogen and oxygen atoms in total. The van der Waals surface area contributed by atoms with Crippen molar-refractivity contribution in [1.82, 2.24) is 19.7 Å². The fourth-order valence-corrected chi connectivity index (χ4v) is 3.61. The number of carbonyl (C=O) groups excluding carboxylic acids is 3. The summed E-state index contributed by atoms with van der Waals surface area (Å²) in [5.41, 5.74) is 0.753. The van der Waals surface area contributed by atoms with Gasteiger partial charge in [0.1, 0.15) is 5.69 Å². The third-order valence-corrected chi connectivity index (χ3v) is 5.21. The predicted octanol–water partition coefficient (Wildman–Crippen LogP) is 1.51. The molecule has 8 heteroatoms. The number of piperazine rings is 1. The fourth-order valence-electron chi connectivity index (χ4n) is 3.61. The summed E-state index contributed by atoms with van der Waals surface area (Å²) in [6, 6.07) is 6.51. The standard InChI is InChI=1S/C20H22N4O4/c25-18(15-5-6-21-16(14-15)19(26)22-7-1-2-8-22)23-9-11-24(12-10-23)20(27)17-4-3-13-28-17/h3-6,13-14H,1-2,7-12H2. The van der Waals surface area contributed by atoms with Crippen LogP contribution in [0.1, 0.15) is 44.2 Å². The quantitative estimate of drug-likeness (QED) is 0.803. The molecule has 0 bridgehead atoms. The van der Waals surface area contributed by atoms with Crippen LogP contribution in [0.25, 0.3) is 0 Å². The number of aromatic nitrogens is 1. The van der Waals surface area contributed by atoms with E-state index in [-0.39, 0.29) is 17.7 Å². The molecule has 4 heterocycles. The van der Waals surface area contributed by atoms with Crippen LogP contribution in [0.4, 0.5) is 0 Å². The van der Waals surface area contributed by atoms with E-state index in [0.717, 1.165) is 25.9 Å². The van der Waals surface area contributed by atoms with Gasteiger partial charge >= 0.3 is 0 Å². The summed E-state index contributed by atoms with van der Waals surface area (Å²) < 4.78 is 5.16. The Bertz CT molecular complexity index is 866. The van der Waals surface area contributed by atoms with Crippen LogP contribution < -0.4 is 0 Å². The summed E-state index contributed by atoms with van der Waals surface area (Å²) >= 11 is 0. The topological polar surface area (TPSA) is 87.0 Å². The molecule has 3 amide bonds. The maximum absolute atomic E-state index is 12.9. The molecule has 2 fully saturated rings. The molecular formula is C20H22N4O4. The van der Waals surface area contributed by atoms with Crippen LogP contribution in [0.5, 0.6) is 0 Å². The Labute approximate surface area is 162 Å². The second kappa shape index (κ2) is 7.84. The normalized spacial score (nSPS) is 17.1. The van der Waals surface area contributed by atoms with Gasteiger partial charge in [-0.1, -0.05) is 0 Å². The van der Waals surface area contributed by atoms with Crippen molar-refractivity contribution in [2.45, 2.75) is 12.8 Å². The van der Waals surface area contributed by atoms with E-state index in [4.69, 9.17) is 4.42 Å². The van der Waals surface area contributed by atoms with Crippen LogP contribution in [-0.2, 0) is 0 Å². The first-order valence-electron chi connectivity index (χ1n) is 9.51. The molecular weight excluding hydrogens is 360 g/mol. The molecule has 0 unspecified atom stereocenters. The number of likely N-dealkylation sites (tertiary alicyclic amines) is 1. The summed E-state index contributed by atoms with van der Waals surface area (Å²) in [4.78, 5) is 47.0. The molecule has 2 aromatic rings. The lowest BCUT2D eigenvalue weighted by Crippen LogP contribution is -2.50. The number of nitrogens with zero attached hydrogens (tertiary/aromatic N) is 4. The third kappa shape index (κ3) is 3.62. The van der Waals surface area contributed by atoms with Gasteiger partial charge < -0.3 is 19.1 Å². The fraction of sp³-hybridized carbons (Fsp3) is 0.400. The SMILES string of the molecule is O=C(c1ccnc(C(=O)N2CCCC2)c1)N1CCN(C(=O)c2ccco2)CC1. The summed E-state index contributed by atoms with van der Waals surface area (Å²) in [5.74, 6) is -0.137. The van der Waals surface area contributed by atoms with Crippen LogP contribution in [0.3, 0.4) is 0 Å². The minimum absolute atomic E-state index is 0.124. The Kier molecular flexibility index (Phi) is 5.10. The van der Waals surface area contributed by atoms with Gasteiger partial charge in [-0.25, -0.2) is 0 Å². The summed E-state index contributed by atoms with van der Waals surface area (Å²) in [7, 11) is 0. The largest absolute Gasteiger partial charge is 0.459 e. The lowest BCUT2D eigenvalue weighted by molar-refractivity contribution is 0.0518. The Morgan fingerprint density at radius 2 is 1.46 bits per heavy atom. The van der Waals surface area contributed by atoms with Crippen LogP contribution in [0.15, 0.2) is 41.1 Å². The van der Waals surface area contributed by atoms with E-state index in [1.165, 1.54) is 12.5 Å². The molecule has 2 aliphatic rings.